The van der Waals surface area contributed by atoms with E-state index in [1.54, 1.807) is 0 Å². The second-order valence-corrected chi connectivity index (χ2v) is 10.3. The molecule has 2 saturated heterocycles. The predicted molar refractivity (Wildman–Crippen MR) is 146 cm³/mol. The monoisotopic (exact) mass is 458 g/mol. The molecule has 0 aromatic heterocycles. The molecular weight excluding hydrogens is 416 g/mol. The lowest BCUT2D eigenvalue weighted by Crippen LogP contribution is -2.38. The highest BCUT2D eigenvalue weighted by Gasteiger charge is 2.24. The molecule has 0 spiro atoms. The zero-order valence-electron chi connectivity index (χ0n) is 21.4. The Hall–Kier alpha value is -2.43. The predicted octanol–water partition coefficient (Wildman–Crippen LogP) is 5.37. The van der Waals surface area contributed by atoms with Gasteiger partial charge in [0, 0.05) is 36.9 Å². The highest BCUT2D eigenvalue weighted by atomic mass is 15.1. The van der Waals surface area contributed by atoms with E-state index in [0.717, 1.165) is 45.6 Å². The largest absolute Gasteiger partial charge is 0.371 e. The van der Waals surface area contributed by atoms with Crippen LogP contribution in [0.25, 0.3) is 5.70 Å². The third-order valence-electron chi connectivity index (χ3n) is 7.92. The van der Waals surface area contributed by atoms with Crippen LogP contribution in [0.4, 0.5) is 0 Å². The Morgan fingerprint density at radius 1 is 1.00 bits per heavy atom. The van der Waals surface area contributed by atoms with Crippen LogP contribution in [0.15, 0.2) is 48.0 Å². The molecule has 2 atom stereocenters. The minimum absolute atomic E-state index is 0.282. The Labute approximate surface area is 206 Å². The first kappa shape index (κ1) is 24.7. The second kappa shape index (κ2) is 11.3. The molecule has 0 amide bonds. The molecule has 2 fully saturated rings. The lowest BCUT2D eigenvalue weighted by Gasteiger charge is -2.35. The smallest absolute Gasteiger partial charge is 0.0658 e. The normalized spacial score (nSPS) is 21.8. The maximum Gasteiger partial charge on any atom is 0.0658 e. The highest BCUT2D eigenvalue weighted by molar-refractivity contribution is 5.66. The summed E-state index contributed by atoms with van der Waals surface area (Å²) in [6.07, 6.45) is 4.51. The molecule has 2 N–H and O–H groups in total. The van der Waals surface area contributed by atoms with E-state index in [9.17, 15) is 0 Å². The van der Waals surface area contributed by atoms with Crippen molar-refractivity contribution in [3.8, 4) is 0 Å². The van der Waals surface area contributed by atoms with Crippen LogP contribution in [0.3, 0.4) is 0 Å². The first-order valence-electron chi connectivity index (χ1n) is 13.0. The van der Waals surface area contributed by atoms with Crippen LogP contribution >= 0.6 is 0 Å². The Bertz CT molecular complexity index is 986. The number of likely N-dealkylation sites (tertiary alicyclic amines) is 1. The summed E-state index contributed by atoms with van der Waals surface area (Å²) in [5, 5.41) is 7.29. The number of nitrogens with zero attached hydrogens (tertiary/aromatic N) is 2. The highest BCUT2D eigenvalue weighted by Crippen LogP contribution is 2.33. The van der Waals surface area contributed by atoms with Crippen LogP contribution in [0.5, 0.6) is 0 Å². The number of aryl methyl sites for hydroxylation is 3. The molecule has 2 aromatic carbocycles. The Balaban J connectivity index is 1.41. The first-order chi connectivity index (χ1) is 16.5. The first-order valence-corrected chi connectivity index (χ1v) is 13.0. The molecule has 34 heavy (non-hydrogen) atoms. The zero-order chi connectivity index (χ0) is 24.1. The third kappa shape index (κ3) is 5.79. The van der Waals surface area contributed by atoms with Gasteiger partial charge in [-0.25, -0.2) is 0 Å². The van der Waals surface area contributed by atoms with Crippen LogP contribution < -0.4 is 10.6 Å². The van der Waals surface area contributed by atoms with E-state index in [4.69, 9.17) is 0 Å². The molecular formula is C30H42N4. The lowest BCUT2D eigenvalue weighted by molar-refractivity contribution is 0.299. The standard InChI is InChI=1S/C30H42N4/c1-21-6-8-25(9-7-21)26-12-16-34(17-13-26)24(4)28-19-27(22(2)18-23(28)3)20-33-30-11-15-32-14-10-29(30)31-5/h6-9,18-19,26,29-30,32-33H,4-5,10-17,20H2,1-3H3. The van der Waals surface area contributed by atoms with Gasteiger partial charge in [0.25, 0.3) is 0 Å². The summed E-state index contributed by atoms with van der Waals surface area (Å²) in [5.41, 5.74) is 9.29. The van der Waals surface area contributed by atoms with Crippen molar-refractivity contribution in [2.24, 2.45) is 4.99 Å². The van der Waals surface area contributed by atoms with E-state index in [1.165, 1.54) is 51.9 Å². The minimum atomic E-state index is 0.282. The van der Waals surface area contributed by atoms with E-state index in [-0.39, 0.29) is 6.04 Å². The van der Waals surface area contributed by atoms with E-state index >= 15 is 0 Å². The minimum Gasteiger partial charge on any atom is -0.371 e. The summed E-state index contributed by atoms with van der Waals surface area (Å²) < 4.78 is 0. The number of piperidine rings is 1. The number of hydrogen-bond acceptors (Lipinski definition) is 4. The van der Waals surface area contributed by atoms with Gasteiger partial charge in [0.1, 0.15) is 0 Å². The average Bonchev–Trinajstić information content (AvgIpc) is 3.09. The molecule has 2 heterocycles. The summed E-state index contributed by atoms with van der Waals surface area (Å²) in [4.78, 5) is 6.90. The quantitative estimate of drug-likeness (QED) is 0.548. The zero-order valence-corrected chi connectivity index (χ0v) is 21.4. The van der Waals surface area contributed by atoms with Crippen molar-refractivity contribution in [2.75, 3.05) is 26.2 Å². The van der Waals surface area contributed by atoms with E-state index < -0.39 is 0 Å². The van der Waals surface area contributed by atoms with Crippen molar-refractivity contribution in [3.63, 3.8) is 0 Å². The van der Waals surface area contributed by atoms with Gasteiger partial charge in [-0.1, -0.05) is 42.5 Å². The van der Waals surface area contributed by atoms with Crippen molar-refractivity contribution < 1.29 is 0 Å². The number of aliphatic imine (C=N–C) groups is 1. The van der Waals surface area contributed by atoms with Gasteiger partial charge in [-0.2, -0.15) is 0 Å². The van der Waals surface area contributed by atoms with Crippen molar-refractivity contribution in [1.29, 1.82) is 0 Å². The van der Waals surface area contributed by atoms with Crippen molar-refractivity contribution in [3.05, 3.63) is 76.4 Å². The topological polar surface area (TPSA) is 39.7 Å². The van der Waals surface area contributed by atoms with Gasteiger partial charge < -0.3 is 15.5 Å². The van der Waals surface area contributed by atoms with Gasteiger partial charge in [-0.3, -0.25) is 4.99 Å². The molecule has 2 aliphatic heterocycles. The number of rotatable bonds is 7. The summed E-state index contributed by atoms with van der Waals surface area (Å²) in [6.45, 7) is 20.1. The summed E-state index contributed by atoms with van der Waals surface area (Å²) in [5.74, 6) is 0.656. The lowest BCUT2D eigenvalue weighted by atomic mass is 9.88. The van der Waals surface area contributed by atoms with Crippen LogP contribution in [0.2, 0.25) is 0 Å². The van der Waals surface area contributed by atoms with E-state index in [2.05, 4.69) is 91.0 Å². The third-order valence-corrected chi connectivity index (χ3v) is 7.92. The number of hydrogen-bond donors (Lipinski definition) is 2. The van der Waals surface area contributed by atoms with Crippen LogP contribution in [-0.4, -0.2) is 49.9 Å². The molecule has 182 valence electrons. The molecule has 4 nitrogen and oxygen atoms in total. The van der Waals surface area contributed by atoms with Gasteiger partial charge in [-0.05, 0) is 100 Å². The summed E-state index contributed by atoms with van der Waals surface area (Å²) in [6, 6.07) is 14.5. The fraction of sp³-hybridized carbons (Fsp3) is 0.500. The van der Waals surface area contributed by atoms with E-state index in [1.807, 2.05) is 0 Å². The molecule has 2 aliphatic rings. The molecule has 0 saturated carbocycles. The Morgan fingerprint density at radius 2 is 1.71 bits per heavy atom. The van der Waals surface area contributed by atoms with Gasteiger partial charge in [0.2, 0.25) is 0 Å². The second-order valence-electron chi connectivity index (χ2n) is 10.3. The number of benzene rings is 2. The Morgan fingerprint density at radius 3 is 2.41 bits per heavy atom. The summed E-state index contributed by atoms with van der Waals surface area (Å²) >= 11 is 0. The summed E-state index contributed by atoms with van der Waals surface area (Å²) in [7, 11) is 0. The van der Waals surface area contributed by atoms with Crippen LogP contribution in [0, 0.1) is 20.8 Å². The van der Waals surface area contributed by atoms with Crippen molar-refractivity contribution >= 4 is 12.4 Å². The molecule has 0 aliphatic carbocycles. The van der Waals surface area contributed by atoms with Crippen LogP contribution in [0.1, 0.15) is 65.0 Å². The van der Waals surface area contributed by atoms with E-state index in [0.29, 0.717) is 12.0 Å². The molecule has 2 unspecified atom stereocenters. The molecule has 4 rings (SSSR count). The van der Waals surface area contributed by atoms with Gasteiger partial charge in [0.05, 0.1) is 6.04 Å². The Kier molecular flexibility index (Phi) is 8.23. The van der Waals surface area contributed by atoms with Gasteiger partial charge >= 0.3 is 0 Å². The fourth-order valence-corrected chi connectivity index (χ4v) is 5.61. The molecule has 2 aromatic rings. The van der Waals surface area contributed by atoms with Crippen molar-refractivity contribution in [1.82, 2.24) is 15.5 Å². The van der Waals surface area contributed by atoms with Gasteiger partial charge in [0.15, 0.2) is 0 Å². The fourth-order valence-electron chi connectivity index (χ4n) is 5.61. The molecule has 4 heteroatoms. The average molecular weight is 459 g/mol. The van der Waals surface area contributed by atoms with Crippen molar-refractivity contribution in [2.45, 2.75) is 71.0 Å². The maximum atomic E-state index is 4.55. The molecule has 0 bridgehead atoms. The van der Waals surface area contributed by atoms with Gasteiger partial charge in [-0.15, -0.1) is 0 Å². The maximum absolute atomic E-state index is 4.55. The number of nitrogens with one attached hydrogen (secondary N) is 2. The SMILES string of the molecule is C=NC1CCNCCC1NCc1cc(C(=C)N2CCC(c3ccc(C)cc3)CC2)c(C)cc1C. The van der Waals surface area contributed by atoms with Crippen LogP contribution in [-0.2, 0) is 6.54 Å². The molecule has 0 radical (unpaired) electrons.